The third-order valence-corrected chi connectivity index (χ3v) is 4.89. The van der Waals surface area contributed by atoms with Crippen LogP contribution in [0.2, 0.25) is 15.1 Å². The van der Waals surface area contributed by atoms with Crippen LogP contribution in [0.5, 0.6) is 5.75 Å². The minimum atomic E-state index is -0.924. The molecule has 1 N–H and O–H groups in total. The van der Waals surface area contributed by atoms with Crippen LogP contribution < -0.4 is 15.0 Å². The summed E-state index contributed by atoms with van der Waals surface area (Å²) < 4.78 is 5.51. The van der Waals surface area contributed by atoms with E-state index in [1.807, 2.05) is 0 Å². The monoisotopic (exact) mass is 438 g/mol. The van der Waals surface area contributed by atoms with E-state index >= 15 is 0 Å². The number of imide groups is 2. The van der Waals surface area contributed by atoms with Crippen molar-refractivity contribution >= 4 is 64.4 Å². The van der Waals surface area contributed by atoms with Crippen molar-refractivity contribution in [2.75, 3.05) is 11.5 Å². The number of anilines is 1. The number of nitrogens with zero attached hydrogens (tertiary/aromatic N) is 1. The number of barbiturate groups is 1. The standard InChI is InChI=1S/C19H13Cl3N2O4/c1-2-28-15-7-6-11(20)8-10(15)9-12-17(25)23-19(27)24(18(12)26)14-5-3-4-13(21)16(14)22/h3-9H,2H2,1H3,(H,23,25,27)/b12-9+. The van der Waals surface area contributed by atoms with Gasteiger partial charge in [-0.3, -0.25) is 14.9 Å². The largest absolute Gasteiger partial charge is 0.493 e. The number of carbonyl (C=O) groups excluding carboxylic acids is 3. The number of amides is 4. The summed E-state index contributed by atoms with van der Waals surface area (Å²) in [6.45, 7) is 2.17. The lowest BCUT2D eigenvalue weighted by molar-refractivity contribution is -0.122. The fourth-order valence-corrected chi connectivity index (χ4v) is 3.18. The Kier molecular flexibility index (Phi) is 5.93. The molecule has 0 unspecified atom stereocenters. The van der Waals surface area contributed by atoms with Crippen molar-refractivity contribution in [1.29, 1.82) is 0 Å². The van der Waals surface area contributed by atoms with Crippen LogP contribution in [-0.4, -0.2) is 24.5 Å². The number of ether oxygens (including phenoxy) is 1. The van der Waals surface area contributed by atoms with E-state index in [1.54, 1.807) is 25.1 Å². The highest BCUT2D eigenvalue weighted by molar-refractivity contribution is 6.46. The molecule has 28 heavy (non-hydrogen) atoms. The molecule has 2 aromatic rings. The third kappa shape index (κ3) is 3.85. The van der Waals surface area contributed by atoms with Gasteiger partial charge < -0.3 is 4.74 Å². The lowest BCUT2D eigenvalue weighted by atomic mass is 10.1. The lowest BCUT2D eigenvalue weighted by Gasteiger charge is -2.27. The predicted molar refractivity (Wildman–Crippen MR) is 108 cm³/mol. The smallest absolute Gasteiger partial charge is 0.336 e. The van der Waals surface area contributed by atoms with E-state index in [9.17, 15) is 14.4 Å². The number of hydrogen-bond acceptors (Lipinski definition) is 4. The van der Waals surface area contributed by atoms with E-state index in [2.05, 4.69) is 5.32 Å². The summed E-state index contributed by atoms with van der Waals surface area (Å²) in [6, 6.07) is 8.37. The Morgan fingerprint density at radius 1 is 1.11 bits per heavy atom. The zero-order valence-corrected chi connectivity index (χ0v) is 16.7. The zero-order chi connectivity index (χ0) is 20.4. The topological polar surface area (TPSA) is 75.7 Å². The lowest BCUT2D eigenvalue weighted by Crippen LogP contribution is -2.54. The molecule has 2 aromatic carbocycles. The second-order valence-electron chi connectivity index (χ2n) is 5.65. The Hall–Kier alpha value is -2.54. The van der Waals surface area contributed by atoms with Crippen LogP contribution in [0, 0.1) is 0 Å². The highest BCUT2D eigenvalue weighted by Gasteiger charge is 2.38. The molecule has 0 aliphatic carbocycles. The molecule has 1 aliphatic heterocycles. The van der Waals surface area contributed by atoms with Crippen LogP contribution in [-0.2, 0) is 9.59 Å². The predicted octanol–water partition coefficient (Wildman–Crippen LogP) is 4.71. The fraction of sp³-hybridized carbons (Fsp3) is 0.105. The Balaban J connectivity index is 2.10. The first kappa shape index (κ1) is 20.2. The minimum Gasteiger partial charge on any atom is -0.493 e. The summed E-state index contributed by atoms with van der Waals surface area (Å²) in [5.74, 6) is -1.25. The molecule has 1 fully saturated rings. The summed E-state index contributed by atoms with van der Waals surface area (Å²) in [4.78, 5) is 38.3. The second kappa shape index (κ2) is 8.22. The van der Waals surface area contributed by atoms with Crippen molar-refractivity contribution in [3.8, 4) is 5.75 Å². The zero-order valence-electron chi connectivity index (χ0n) is 14.5. The minimum absolute atomic E-state index is 0.0131. The molecule has 0 bridgehead atoms. The Bertz CT molecular complexity index is 1020. The van der Waals surface area contributed by atoms with Crippen molar-refractivity contribution in [2.24, 2.45) is 0 Å². The maximum absolute atomic E-state index is 13.0. The van der Waals surface area contributed by atoms with Gasteiger partial charge in [-0.25, -0.2) is 9.69 Å². The second-order valence-corrected chi connectivity index (χ2v) is 6.87. The van der Waals surface area contributed by atoms with Crippen LogP contribution >= 0.6 is 34.8 Å². The third-order valence-electron chi connectivity index (χ3n) is 3.85. The molecule has 1 heterocycles. The molecule has 6 nitrogen and oxygen atoms in total. The van der Waals surface area contributed by atoms with E-state index in [1.165, 1.54) is 24.3 Å². The van der Waals surface area contributed by atoms with Crippen molar-refractivity contribution in [1.82, 2.24) is 5.32 Å². The SMILES string of the molecule is CCOc1ccc(Cl)cc1/C=C1\C(=O)NC(=O)N(c2cccc(Cl)c2Cl)C1=O. The normalized spacial score (nSPS) is 15.8. The van der Waals surface area contributed by atoms with E-state index < -0.39 is 17.8 Å². The Morgan fingerprint density at radius 3 is 2.57 bits per heavy atom. The summed E-state index contributed by atoms with van der Waals surface area (Å²) in [6.07, 6.45) is 1.31. The van der Waals surface area contributed by atoms with E-state index in [0.717, 1.165) is 4.90 Å². The van der Waals surface area contributed by atoms with Gasteiger partial charge in [-0.1, -0.05) is 40.9 Å². The van der Waals surface area contributed by atoms with E-state index in [4.69, 9.17) is 39.5 Å². The molecular weight excluding hydrogens is 427 g/mol. The van der Waals surface area contributed by atoms with Crippen LogP contribution in [0.25, 0.3) is 6.08 Å². The number of benzene rings is 2. The van der Waals surface area contributed by atoms with Gasteiger partial charge in [-0.15, -0.1) is 0 Å². The highest BCUT2D eigenvalue weighted by Crippen LogP contribution is 2.35. The Labute approximate surface area is 175 Å². The number of halogens is 3. The molecule has 0 saturated carbocycles. The number of hydrogen-bond donors (Lipinski definition) is 1. The summed E-state index contributed by atoms with van der Waals surface area (Å²) in [5.41, 5.74) is 0.199. The maximum atomic E-state index is 13.0. The van der Waals surface area contributed by atoms with Gasteiger partial charge in [-0.2, -0.15) is 0 Å². The number of carbonyl (C=O) groups is 3. The van der Waals surface area contributed by atoms with Crippen LogP contribution in [0.15, 0.2) is 42.0 Å². The average molecular weight is 440 g/mol. The van der Waals surface area contributed by atoms with Crippen LogP contribution in [0.4, 0.5) is 10.5 Å². The first-order valence-corrected chi connectivity index (χ1v) is 9.24. The molecule has 9 heteroatoms. The molecule has 0 aromatic heterocycles. The molecule has 1 aliphatic rings. The highest BCUT2D eigenvalue weighted by atomic mass is 35.5. The molecule has 3 rings (SSSR count). The molecule has 144 valence electrons. The summed E-state index contributed by atoms with van der Waals surface area (Å²) in [7, 11) is 0. The first-order chi connectivity index (χ1) is 13.3. The van der Waals surface area contributed by atoms with Gasteiger partial charge in [0.25, 0.3) is 11.8 Å². The molecule has 0 radical (unpaired) electrons. The summed E-state index contributed by atoms with van der Waals surface area (Å²) in [5, 5.41) is 2.69. The van der Waals surface area contributed by atoms with Crippen molar-refractivity contribution in [3.05, 3.63) is 62.6 Å². The van der Waals surface area contributed by atoms with E-state index in [0.29, 0.717) is 22.9 Å². The van der Waals surface area contributed by atoms with Gasteiger partial charge in [0, 0.05) is 10.6 Å². The molecule has 1 saturated heterocycles. The van der Waals surface area contributed by atoms with Gasteiger partial charge in [-0.05, 0) is 43.3 Å². The molecule has 0 spiro atoms. The quantitative estimate of drug-likeness (QED) is 0.553. The maximum Gasteiger partial charge on any atom is 0.336 e. The van der Waals surface area contributed by atoms with Crippen molar-refractivity contribution < 1.29 is 19.1 Å². The van der Waals surface area contributed by atoms with Gasteiger partial charge in [0.1, 0.15) is 11.3 Å². The van der Waals surface area contributed by atoms with Gasteiger partial charge >= 0.3 is 6.03 Å². The van der Waals surface area contributed by atoms with Crippen LogP contribution in [0.1, 0.15) is 12.5 Å². The van der Waals surface area contributed by atoms with E-state index in [-0.39, 0.29) is 21.3 Å². The number of urea groups is 1. The number of nitrogens with one attached hydrogen (secondary N) is 1. The average Bonchev–Trinajstić information content (AvgIpc) is 2.64. The van der Waals surface area contributed by atoms with Gasteiger partial charge in [0.05, 0.1) is 22.3 Å². The molecular formula is C19H13Cl3N2O4. The van der Waals surface area contributed by atoms with Crippen molar-refractivity contribution in [3.63, 3.8) is 0 Å². The van der Waals surface area contributed by atoms with Gasteiger partial charge in [0.15, 0.2) is 0 Å². The summed E-state index contributed by atoms with van der Waals surface area (Å²) >= 11 is 18.1. The Morgan fingerprint density at radius 2 is 1.86 bits per heavy atom. The van der Waals surface area contributed by atoms with Gasteiger partial charge in [0.2, 0.25) is 0 Å². The van der Waals surface area contributed by atoms with Crippen LogP contribution in [0.3, 0.4) is 0 Å². The fourth-order valence-electron chi connectivity index (χ4n) is 2.62. The molecule has 0 atom stereocenters. The molecule has 4 amide bonds. The first-order valence-electron chi connectivity index (χ1n) is 8.11. The number of rotatable bonds is 4. The van der Waals surface area contributed by atoms with Crippen molar-refractivity contribution in [2.45, 2.75) is 6.92 Å².